The van der Waals surface area contributed by atoms with Crippen LogP contribution in [0.2, 0.25) is 0 Å². The molecule has 3 aromatic rings. The Labute approximate surface area is 193 Å². The fourth-order valence-corrected chi connectivity index (χ4v) is 4.94. The van der Waals surface area contributed by atoms with Crippen LogP contribution in [0.25, 0.3) is 0 Å². The first-order valence-electron chi connectivity index (χ1n) is 11.3. The maximum Gasteiger partial charge on any atom is 0.322 e. The van der Waals surface area contributed by atoms with Crippen LogP contribution in [0.4, 0.5) is 10.5 Å². The van der Waals surface area contributed by atoms with Crippen LogP contribution in [0.5, 0.6) is 0 Å². The van der Waals surface area contributed by atoms with Gasteiger partial charge in [0.05, 0.1) is 12.2 Å². The van der Waals surface area contributed by atoms with E-state index in [0.717, 1.165) is 35.6 Å². The number of nitrogens with zero attached hydrogens (tertiary/aromatic N) is 4. The Kier molecular flexibility index (Phi) is 5.54. The van der Waals surface area contributed by atoms with Gasteiger partial charge in [0.25, 0.3) is 5.91 Å². The number of hydrogen-bond donors (Lipinski definition) is 1. The molecule has 0 atom stereocenters. The Morgan fingerprint density at radius 3 is 2.30 bits per heavy atom. The first kappa shape index (κ1) is 21.1. The SMILES string of the molecule is Cc1ncc2c(n1)C1(CCN(C(=O)c3ccccc3)CC1)CN(C(=O)Nc1ccccc1)C2. The maximum atomic E-state index is 13.1. The number of carbonyl (C=O) groups is 2. The van der Waals surface area contributed by atoms with Gasteiger partial charge in [0, 0.05) is 48.1 Å². The highest BCUT2D eigenvalue weighted by Crippen LogP contribution is 2.41. The molecule has 2 aliphatic rings. The minimum absolute atomic E-state index is 0.0547. The van der Waals surface area contributed by atoms with Crippen LogP contribution in [0.15, 0.2) is 66.9 Å². The number of rotatable bonds is 2. The van der Waals surface area contributed by atoms with Gasteiger partial charge in [-0.3, -0.25) is 4.79 Å². The zero-order valence-corrected chi connectivity index (χ0v) is 18.7. The summed E-state index contributed by atoms with van der Waals surface area (Å²) in [7, 11) is 0. The van der Waals surface area contributed by atoms with Crippen molar-refractivity contribution in [3.8, 4) is 0 Å². The second-order valence-corrected chi connectivity index (χ2v) is 8.88. The molecule has 1 aromatic heterocycles. The summed E-state index contributed by atoms with van der Waals surface area (Å²) in [4.78, 5) is 39.1. The molecular formula is C26H27N5O2. The Morgan fingerprint density at radius 2 is 1.61 bits per heavy atom. The Morgan fingerprint density at radius 1 is 0.939 bits per heavy atom. The van der Waals surface area contributed by atoms with E-state index in [1.54, 1.807) is 0 Å². The normalized spacial score (nSPS) is 16.9. The number of benzene rings is 2. The standard InChI is InChI=1S/C26H27N5O2/c1-19-27-16-21-17-31(25(33)29-22-10-6-3-7-11-22)18-26(23(21)28-19)12-14-30(15-13-26)24(32)20-8-4-2-5-9-20/h2-11,16H,12-15,17-18H2,1H3,(H,29,33). The van der Waals surface area contributed by atoms with Gasteiger partial charge in [-0.15, -0.1) is 0 Å². The molecule has 1 spiro atoms. The van der Waals surface area contributed by atoms with E-state index in [0.29, 0.717) is 31.7 Å². The molecule has 0 unspecified atom stereocenters. The predicted octanol–water partition coefficient (Wildman–Crippen LogP) is 4.01. The second kappa shape index (κ2) is 8.65. The smallest absolute Gasteiger partial charge is 0.322 e. The number of para-hydroxylation sites is 1. The molecule has 33 heavy (non-hydrogen) atoms. The molecule has 1 saturated heterocycles. The number of fused-ring (bicyclic) bond motifs is 2. The molecule has 1 fully saturated rings. The number of likely N-dealkylation sites (tertiary alicyclic amines) is 1. The van der Waals surface area contributed by atoms with Crippen LogP contribution in [-0.2, 0) is 12.0 Å². The van der Waals surface area contributed by atoms with E-state index < -0.39 is 0 Å². The molecule has 1 N–H and O–H groups in total. The van der Waals surface area contributed by atoms with Crippen LogP contribution in [0.1, 0.15) is 40.3 Å². The van der Waals surface area contributed by atoms with E-state index in [1.165, 1.54) is 0 Å². The molecule has 5 rings (SSSR count). The Hall–Kier alpha value is -3.74. The monoisotopic (exact) mass is 441 g/mol. The summed E-state index contributed by atoms with van der Waals surface area (Å²) in [6.07, 6.45) is 3.36. The number of nitrogens with one attached hydrogen (secondary N) is 1. The van der Waals surface area contributed by atoms with Crippen molar-refractivity contribution in [2.75, 3.05) is 25.0 Å². The summed E-state index contributed by atoms with van der Waals surface area (Å²) < 4.78 is 0. The largest absolute Gasteiger partial charge is 0.339 e. The molecule has 3 amide bonds. The summed E-state index contributed by atoms with van der Waals surface area (Å²) in [6.45, 7) is 4.20. The minimum atomic E-state index is -0.289. The molecule has 3 heterocycles. The summed E-state index contributed by atoms with van der Waals surface area (Å²) >= 11 is 0. The molecular weight excluding hydrogens is 414 g/mol. The minimum Gasteiger partial charge on any atom is -0.339 e. The van der Waals surface area contributed by atoms with E-state index in [-0.39, 0.29) is 17.4 Å². The van der Waals surface area contributed by atoms with Crippen molar-refractivity contribution >= 4 is 17.6 Å². The van der Waals surface area contributed by atoms with Crippen LogP contribution in [-0.4, -0.2) is 51.3 Å². The molecule has 168 valence electrons. The highest BCUT2D eigenvalue weighted by atomic mass is 16.2. The number of urea groups is 1. The highest BCUT2D eigenvalue weighted by molar-refractivity contribution is 5.94. The molecule has 0 radical (unpaired) electrons. The molecule has 7 nitrogen and oxygen atoms in total. The van der Waals surface area contributed by atoms with Crippen molar-refractivity contribution in [3.63, 3.8) is 0 Å². The summed E-state index contributed by atoms with van der Waals surface area (Å²) in [5, 5.41) is 3.01. The predicted molar refractivity (Wildman–Crippen MR) is 126 cm³/mol. The van der Waals surface area contributed by atoms with E-state index in [9.17, 15) is 9.59 Å². The van der Waals surface area contributed by atoms with Crippen molar-refractivity contribution in [3.05, 3.63) is 89.5 Å². The summed E-state index contributed by atoms with van der Waals surface area (Å²) in [6, 6.07) is 18.8. The zero-order valence-electron chi connectivity index (χ0n) is 18.7. The summed E-state index contributed by atoms with van der Waals surface area (Å²) in [5.41, 5.74) is 3.21. The number of amides is 3. The van der Waals surface area contributed by atoms with Gasteiger partial charge < -0.3 is 15.1 Å². The topological polar surface area (TPSA) is 78.4 Å². The van der Waals surface area contributed by atoms with Crippen LogP contribution < -0.4 is 5.32 Å². The van der Waals surface area contributed by atoms with Gasteiger partial charge >= 0.3 is 6.03 Å². The highest BCUT2D eigenvalue weighted by Gasteiger charge is 2.45. The molecule has 2 aliphatic heterocycles. The zero-order chi connectivity index (χ0) is 22.8. The molecule has 0 aliphatic carbocycles. The van der Waals surface area contributed by atoms with Crippen LogP contribution in [0, 0.1) is 6.92 Å². The number of anilines is 1. The summed E-state index contributed by atoms with van der Waals surface area (Å²) in [5.74, 6) is 0.789. The van der Waals surface area contributed by atoms with Crippen LogP contribution >= 0.6 is 0 Å². The van der Waals surface area contributed by atoms with Crippen molar-refractivity contribution < 1.29 is 9.59 Å². The number of aromatic nitrogens is 2. The number of piperidine rings is 1. The van der Waals surface area contributed by atoms with Crippen molar-refractivity contribution in [2.24, 2.45) is 0 Å². The van der Waals surface area contributed by atoms with Crippen molar-refractivity contribution in [2.45, 2.75) is 31.7 Å². The van der Waals surface area contributed by atoms with Gasteiger partial charge in [0.15, 0.2) is 0 Å². The first-order chi connectivity index (χ1) is 16.0. The lowest BCUT2D eigenvalue weighted by Crippen LogP contribution is -2.55. The third kappa shape index (κ3) is 4.18. The molecule has 2 aromatic carbocycles. The van der Waals surface area contributed by atoms with Gasteiger partial charge in [-0.05, 0) is 44.0 Å². The van der Waals surface area contributed by atoms with Gasteiger partial charge in [-0.25, -0.2) is 14.8 Å². The Bertz CT molecular complexity index is 1160. The number of hydrogen-bond acceptors (Lipinski definition) is 4. The fraction of sp³-hybridized carbons (Fsp3) is 0.308. The van der Waals surface area contributed by atoms with Crippen LogP contribution in [0.3, 0.4) is 0 Å². The molecule has 0 bridgehead atoms. The fourth-order valence-electron chi connectivity index (χ4n) is 4.94. The lowest BCUT2D eigenvalue weighted by atomic mass is 9.71. The number of aryl methyl sites for hydroxylation is 1. The first-order valence-corrected chi connectivity index (χ1v) is 11.3. The van der Waals surface area contributed by atoms with E-state index in [1.807, 2.05) is 83.6 Å². The van der Waals surface area contributed by atoms with Crippen molar-refractivity contribution in [1.82, 2.24) is 19.8 Å². The van der Waals surface area contributed by atoms with Gasteiger partial charge in [0.2, 0.25) is 0 Å². The Balaban J connectivity index is 1.38. The van der Waals surface area contributed by atoms with Gasteiger partial charge in [0.1, 0.15) is 5.82 Å². The average Bonchev–Trinajstić information content (AvgIpc) is 2.85. The van der Waals surface area contributed by atoms with E-state index in [2.05, 4.69) is 10.3 Å². The molecule has 7 heteroatoms. The lowest BCUT2D eigenvalue weighted by Gasteiger charge is -2.47. The number of carbonyl (C=O) groups excluding carboxylic acids is 2. The van der Waals surface area contributed by atoms with E-state index in [4.69, 9.17) is 4.98 Å². The quantitative estimate of drug-likeness (QED) is 0.652. The van der Waals surface area contributed by atoms with Crippen molar-refractivity contribution in [1.29, 1.82) is 0 Å². The van der Waals surface area contributed by atoms with Gasteiger partial charge in [-0.1, -0.05) is 36.4 Å². The third-order valence-corrected chi connectivity index (χ3v) is 6.68. The van der Waals surface area contributed by atoms with E-state index >= 15 is 0 Å². The average molecular weight is 442 g/mol. The lowest BCUT2D eigenvalue weighted by molar-refractivity contribution is 0.0613. The maximum absolute atomic E-state index is 13.1. The second-order valence-electron chi connectivity index (χ2n) is 8.88. The third-order valence-electron chi connectivity index (χ3n) is 6.68. The van der Waals surface area contributed by atoms with Gasteiger partial charge in [-0.2, -0.15) is 0 Å². The molecule has 0 saturated carbocycles.